The SMILES string of the molecule is CCc1nnc2c(C)nc3cc(N)c(F)cc3n12. The summed E-state index contributed by atoms with van der Waals surface area (Å²) in [5.74, 6) is 0.329. The van der Waals surface area contributed by atoms with Crippen LogP contribution in [-0.4, -0.2) is 19.6 Å². The highest BCUT2D eigenvalue weighted by Gasteiger charge is 2.13. The zero-order chi connectivity index (χ0) is 12.9. The van der Waals surface area contributed by atoms with Gasteiger partial charge in [0.1, 0.15) is 11.6 Å². The summed E-state index contributed by atoms with van der Waals surface area (Å²) < 4.78 is 15.4. The maximum Gasteiger partial charge on any atom is 0.182 e. The minimum Gasteiger partial charge on any atom is -0.396 e. The van der Waals surface area contributed by atoms with Gasteiger partial charge in [-0.25, -0.2) is 9.37 Å². The highest BCUT2D eigenvalue weighted by Crippen LogP contribution is 2.22. The second-order valence-electron chi connectivity index (χ2n) is 4.19. The van der Waals surface area contributed by atoms with E-state index in [1.54, 1.807) is 0 Å². The molecule has 5 nitrogen and oxygen atoms in total. The van der Waals surface area contributed by atoms with Crippen molar-refractivity contribution >= 4 is 22.4 Å². The van der Waals surface area contributed by atoms with Crippen molar-refractivity contribution in [3.63, 3.8) is 0 Å². The molecule has 0 saturated heterocycles. The Labute approximate surface area is 102 Å². The van der Waals surface area contributed by atoms with Crippen LogP contribution >= 0.6 is 0 Å². The molecule has 0 aliphatic heterocycles. The number of aromatic nitrogens is 4. The minimum absolute atomic E-state index is 0.0971. The van der Waals surface area contributed by atoms with E-state index in [4.69, 9.17) is 5.73 Å². The third kappa shape index (κ3) is 1.35. The molecule has 0 aliphatic rings. The van der Waals surface area contributed by atoms with Gasteiger partial charge in [-0.2, -0.15) is 0 Å². The minimum atomic E-state index is -0.454. The lowest BCUT2D eigenvalue weighted by Gasteiger charge is -2.07. The van der Waals surface area contributed by atoms with E-state index >= 15 is 0 Å². The number of anilines is 1. The van der Waals surface area contributed by atoms with Gasteiger partial charge in [-0.15, -0.1) is 10.2 Å². The summed E-state index contributed by atoms with van der Waals surface area (Å²) in [6, 6.07) is 2.92. The van der Waals surface area contributed by atoms with Gasteiger partial charge >= 0.3 is 0 Å². The molecule has 0 radical (unpaired) electrons. The summed E-state index contributed by atoms with van der Waals surface area (Å²) >= 11 is 0. The van der Waals surface area contributed by atoms with Gasteiger partial charge in [0.2, 0.25) is 0 Å². The third-order valence-electron chi connectivity index (χ3n) is 2.99. The first-order valence-electron chi connectivity index (χ1n) is 5.71. The molecule has 0 aliphatic carbocycles. The molecule has 3 aromatic rings. The van der Waals surface area contributed by atoms with Gasteiger partial charge in [0, 0.05) is 12.5 Å². The third-order valence-corrected chi connectivity index (χ3v) is 2.99. The maximum atomic E-state index is 13.6. The quantitative estimate of drug-likeness (QED) is 0.664. The fourth-order valence-electron chi connectivity index (χ4n) is 2.10. The number of nitrogens with zero attached hydrogens (tertiary/aromatic N) is 4. The van der Waals surface area contributed by atoms with Crippen LogP contribution in [0.2, 0.25) is 0 Å². The number of fused-ring (bicyclic) bond motifs is 3. The van der Waals surface area contributed by atoms with Crippen LogP contribution < -0.4 is 5.73 Å². The summed E-state index contributed by atoms with van der Waals surface area (Å²) in [6.07, 6.45) is 0.714. The topological polar surface area (TPSA) is 69.1 Å². The number of rotatable bonds is 1. The lowest BCUT2D eigenvalue weighted by atomic mass is 10.2. The van der Waals surface area contributed by atoms with Crippen molar-refractivity contribution in [1.29, 1.82) is 0 Å². The molecule has 0 atom stereocenters. The van der Waals surface area contributed by atoms with E-state index in [-0.39, 0.29) is 5.69 Å². The van der Waals surface area contributed by atoms with Crippen molar-refractivity contribution in [3.05, 3.63) is 29.5 Å². The molecule has 2 N–H and O–H groups in total. The lowest BCUT2D eigenvalue weighted by molar-refractivity contribution is 0.633. The Morgan fingerprint density at radius 3 is 2.83 bits per heavy atom. The number of aryl methyl sites for hydroxylation is 2. The van der Waals surface area contributed by atoms with Crippen LogP contribution in [0.15, 0.2) is 12.1 Å². The second-order valence-corrected chi connectivity index (χ2v) is 4.19. The first-order valence-corrected chi connectivity index (χ1v) is 5.71. The Balaban J connectivity index is 2.57. The van der Waals surface area contributed by atoms with Crippen LogP contribution in [0.1, 0.15) is 18.4 Å². The number of hydrogen-bond acceptors (Lipinski definition) is 4. The van der Waals surface area contributed by atoms with E-state index in [0.29, 0.717) is 23.1 Å². The van der Waals surface area contributed by atoms with E-state index in [1.807, 2.05) is 18.2 Å². The fourth-order valence-corrected chi connectivity index (χ4v) is 2.10. The van der Waals surface area contributed by atoms with Gasteiger partial charge in [-0.05, 0) is 13.0 Å². The average Bonchev–Trinajstić information content (AvgIpc) is 2.76. The zero-order valence-electron chi connectivity index (χ0n) is 10.1. The van der Waals surface area contributed by atoms with Crippen LogP contribution in [0.3, 0.4) is 0 Å². The first kappa shape index (κ1) is 10.9. The molecule has 0 fully saturated rings. The Hall–Kier alpha value is -2.24. The molecule has 2 aromatic heterocycles. The Morgan fingerprint density at radius 2 is 2.11 bits per heavy atom. The van der Waals surface area contributed by atoms with Crippen molar-refractivity contribution in [2.45, 2.75) is 20.3 Å². The van der Waals surface area contributed by atoms with E-state index in [9.17, 15) is 4.39 Å². The van der Waals surface area contributed by atoms with Crippen molar-refractivity contribution in [1.82, 2.24) is 19.6 Å². The molecule has 0 amide bonds. The molecular formula is C12H12FN5. The summed E-state index contributed by atoms with van der Waals surface area (Å²) in [7, 11) is 0. The van der Waals surface area contributed by atoms with E-state index < -0.39 is 5.82 Å². The van der Waals surface area contributed by atoms with Crippen molar-refractivity contribution in [3.8, 4) is 0 Å². The Kier molecular flexibility index (Phi) is 2.19. The van der Waals surface area contributed by atoms with Gasteiger partial charge in [0.25, 0.3) is 0 Å². The highest BCUT2D eigenvalue weighted by molar-refractivity contribution is 5.82. The van der Waals surface area contributed by atoms with Crippen LogP contribution in [0.25, 0.3) is 16.7 Å². The van der Waals surface area contributed by atoms with Gasteiger partial charge in [-0.3, -0.25) is 4.40 Å². The zero-order valence-corrected chi connectivity index (χ0v) is 10.1. The van der Waals surface area contributed by atoms with E-state index in [1.165, 1.54) is 12.1 Å². The normalized spacial score (nSPS) is 11.5. The summed E-state index contributed by atoms with van der Waals surface area (Å²) in [6.45, 7) is 3.83. The predicted molar refractivity (Wildman–Crippen MR) is 66.8 cm³/mol. The number of benzene rings is 1. The summed E-state index contributed by atoms with van der Waals surface area (Å²) in [5.41, 5.74) is 8.36. The van der Waals surface area contributed by atoms with Crippen LogP contribution in [-0.2, 0) is 6.42 Å². The standard InChI is InChI=1S/C12H12FN5/c1-3-11-16-17-12-6(2)15-9-5-8(14)7(13)4-10(9)18(11)12/h4-5H,3,14H2,1-2H3. The largest absolute Gasteiger partial charge is 0.396 e. The number of nitrogen functional groups attached to an aromatic ring is 1. The van der Waals surface area contributed by atoms with Crippen molar-refractivity contribution < 1.29 is 4.39 Å². The molecule has 0 bridgehead atoms. The van der Waals surface area contributed by atoms with Gasteiger partial charge in [0.05, 0.1) is 22.4 Å². The lowest BCUT2D eigenvalue weighted by Crippen LogP contribution is -2.01. The highest BCUT2D eigenvalue weighted by atomic mass is 19.1. The van der Waals surface area contributed by atoms with Crippen LogP contribution in [0.4, 0.5) is 10.1 Å². The Bertz CT molecular complexity index is 762. The second kappa shape index (κ2) is 3.63. The summed E-state index contributed by atoms with van der Waals surface area (Å²) in [5, 5.41) is 8.18. The molecule has 6 heteroatoms. The molecule has 0 unspecified atom stereocenters. The van der Waals surface area contributed by atoms with Crippen LogP contribution in [0.5, 0.6) is 0 Å². The van der Waals surface area contributed by atoms with Crippen molar-refractivity contribution in [2.24, 2.45) is 0 Å². The molecule has 0 spiro atoms. The molecular weight excluding hydrogens is 233 g/mol. The molecule has 2 heterocycles. The Morgan fingerprint density at radius 1 is 1.33 bits per heavy atom. The van der Waals surface area contributed by atoms with E-state index in [0.717, 1.165) is 11.5 Å². The monoisotopic (exact) mass is 245 g/mol. The molecule has 92 valence electrons. The van der Waals surface area contributed by atoms with Gasteiger partial charge in [0.15, 0.2) is 5.65 Å². The van der Waals surface area contributed by atoms with E-state index in [2.05, 4.69) is 15.2 Å². The average molecular weight is 245 g/mol. The number of hydrogen-bond donors (Lipinski definition) is 1. The van der Waals surface area contributed by atoms with Crippen molar-refractivity contribution in [2.75, 3.05) is 5.73 Å². The van der Waals surface area contributed by atoms with Gasteiger partial charge in [-0.1, -0.05) is 6.92 Å². The number of nitrogens with two attached hydrogens (primary N) is 1. The molecule has 0 saturated carbocycles. The smallest absolute Gasteiger partial charge is 0.182 e. The fraction of sp³-hybridized carbons (Fsp3) is 0.250. The first-order chi connectivity index (χ1) is 8.61. The molecule has 3 rings (SSSR count). The maximum absolute atomic E-state index is 13.6. The van der Waals surface area contributed by atoms with Crippen LogP contribution in [0, 0.1) is 12.7 Å². The number of halogens is 1. The summed E-state index contributed by atoms with van der Waals surface area (Å²) in [4.78, 5) is 4.38. The predicted octanol–water partition coefficient (Wildman–Crippen LogP) is 1.87. The van der Waals surface area contributed by atoms with Gasteiger partial charge < -0.3 is 5.73 Å². The molecule has 1 aromatic carbocycles. The molecule has 18 heavy (non-hydrogen) atoms.